The van der Waals surface area contributed by atoms with E-state index in [1.807, 2.05) is 17.5 Å². The van der Waals surface area contributed by atoms with Gasteiger partial charge in [-0.15, -0.1) is 22.7 Å². The molecule has 0 aliphatic heterocycles. The van der Waals surface area contributed by atoms with Gasteiger partial charge in [-0.25, -0.2) is 13.4 Å². The maximum atomic E-state index is 12.2. The first-order chi connectivity index (χ1) is 12.4. The molecule has 0 aliphatic carbocycles. The van der Waals surface area contributed by atoms with E-state index in [1.165, 1.54) is 34.8 Å². The maximum Gasteiger partial charge on any atom is 0.230 e. The SMILES string of the molecule is CCS(=O)(=O)c1ccc(CC(=O)Nc2nc(-c3ccc(Cl)s3)cs2)cc1. The standard InChI is InChI=1S/C17H15ClN2O3S3/c1-2-26(22,23)12-5-3-11(4-6-12)9-16(21)20-17-19-13(10-24-17)14-7-8-15(18)25-14/h3-8,10H,2,9H2,1H3,(H,19,20,21). The topological polar surface area (TPSA) is 76.1 Å². The Kier molecular flexibility index (Phi) is 5.76. The summed E-state index contributed by atoms with van der Waals surface area (Å²) in [5.74, 6) is -0.157. The van der Waals surface area contributed by atoms with Crippen LogP contribution in [0.15, 0.2) is 46.7 Å². The summed E-state index contributed by atoms with van der Waals surface area (Å²) in [7, 11) is -3.23. The van der Waals surface area contributed by atoms with E-state index < -0.39 is 9.84 Å². The fourth-order valence-corrected chi connectivity index (χ4v) is 4.92. The van der Waals surface area contributed by atoms with E-state index in [0.29, 0.717) is 9.47 Å². The van der Waals surface area contributed by atoms with Crippen LogP contribution >= 0.6 is 34.3 Å². The highest BCUT2D eigenvalue weighted by Crippen LogP contribution is 2.32. The normalized spacial score (nSPS) is 11.5. The molecular weight excluding hydrogens is 412 g/mol. The van der Waals surface area contributed by atoms with Gasteiger partial charge in [-0.3, -0.25) is 4.79 Å². The van der Waals surface area contributed by atoms with Crippen LogP contribution in [-0.2, 0) is 21.1 Å². The van der Waals surface area contributed by atoms with Gasteiger partial charge in [0.05, 0.1) is 32.0 Å². The first-order valence-electron chi connectivity index (χ1n) is 7.70. The predicted octanol–water partition coefficient (Wildman–Crippen LogP) is 4.50. The molecule has 3 rings (SSSR count). The third kappa shape index (κ3) is 4.50. The van der Waals surface area contributed by atoms with Crippen LogP contribution in [0.2, 0.25) is 4.34 Å². The molecule has 1 amide bonds. The van der Waals surface area contributed by atoms with Crippen molar-refractivity contribution in [3.63, 3.8) is 0 Å². The fraction of sp³-hybridized carbons (Fsp3) is 0.176. The molecule has 136 valence electrons. The van der Waals surface area contributed by atoms with Gasteiger partial charge in [0.1, 0.15) is 0 Å². The Bertz CT molecular complexity index is 1020. The minimum absolute atomic E-state index is 0.0503. The summed E-state index contributed by atoms with van der Waals surface area (Å²) in [6.07, 6.45) is 0.145. The van der Waals surface area contributed by atoms with E-state index in [-0.39, 0.29) is 23.0 Å². The number of amides is 1. The molecule has 26 heavy (non-hydrogen) atoms. The lowest BCUT2D eigenvalue weighted by Crippen LogP contribution is -2.14. The van der Waals surface area contributed by atoms with Gasteiger partial charge >= 0.3 is 0 Å². The monoisotopic (exact) mass is 426 g/mol. The molecule has 0 saturated carbocycles. The summed E-state index contributed by atoms with van der Waals surface area (Å²) < 4.78 is 24.3. The zero-order chi connectivity index (χ0) is 18.7. The number of halogens is 1. The van der Waals surface area contributed by atoms with Gasteiger partial charge in [0.25, 0.3) is 0 Å². The summed E-state index contributed by atoms with van der Waals surface area (Å²) in [5, 5.41) is 5.14. The Morgan fingerprint density at radius 2 is 1.92 bits per heavy atom. The van der Waals surface area contributed by atoms with Gasteiger partial charge < -0.3 is 5.32 Å². The predicted molar refractivity (Wildman–Crippen MR) is 107 cm³/mol. The fourth-order valence-electron chi connectivity index (χ4n) is 2.23. The van der Waals surface area contributed by atoms with Crippen LogP contribution < -0.4 is 5.32 Å². The lowest BCUT2D eigenvalue weighted by molar-refractivity contribution is -0.115. The number of rotatable bonds is 6. The van der Waals surface area contributed by atoms with Crippen molar-refractivity contribution < 1.29 is 13.2 Å². The van der Waals surface area contributed by atoms with E-state index in [1.54, 1.807) is 19.1 Å². The first-order valence-corrected chi connectivity index (χ1v) is 11.4. The van der Waals surface area contributed by atoms with Crippen LogP contribution in [0.1, 0.15) is 12.5 Å². The first kappa shape index (κ1) is 19.0. The molecular formula is C17H15ClN2O3S3. The van der Waals surface area contributed by atoms with Crippen LogP contribution in [0.5, 0.6) is 0 Å². The van der Waals surface area contributed by atoms with Gasteiger partial charge in [0, 0.05) is 5.38 Å². The van der Waals surface area contributed by atoms with E-state index >= 15 is 0 Å². The van der Waals surface area contributed by atoms with Gasteiger partial charge in [0.2, 0.25) is 5.91 Å². The van der Waals surface area contributed by atoms with Gasteiger partial charge in [-0.05, 0) is 29.8 Å². The second-order valence-corrected chi connectivity index (χ2v) is 10.3. The Hall–Kier alpha value is -1.74. The Labute approximate surface area is 164 Å². The molecule has 9 heteroatoms. The number of anilines is 1. The zero-order valence-electron chi connectivity index (χ0n) is 13.7. The number of nitrogens with one attached hydrogen (secondary N) is 1. The zero-order valence-corrected chi connectivity index (χ0v) is 16.9. The van der Waals surface area contributed by atoms with E-state index in [4.69, 9.17) is 11.6 Å². The van der Waals surface area contributed by atoms with E-state index in [2.05, 4.69) is 10.3 Å². The van der Waals surface area contributed by atoms with E-state index in [0.717, 1.165) is 16.1 Å². The molecule has 0 bridgehead atoms. The summed E-state index contributed by atoms with van der Waals surface area (Å²) in [6.45, 7) is 1.60. The smallest absolute Gasteiger partial charge is 0.230 e. The number of thiophene rings is 1. The minimum Gasteiger partial charge on any atom is -0.302 e. The lowest BCUT2D eigenvalue weighted by atomic mass is 10.1. The average molecular weight is 427 g/mol. The van der Waals surface area contributed by atoms with Crippen LogP contribution in [0.3, 0.4) is 0 Å². The molecule has 3 aromatic rings. The number of aromatic nitrogens is 1. The number of carbonyl (C=O) groups excluding carboxylic acids is 1. The maximum absolute atomic E-state index is 12.2. The Morgan fingerprint density at radius 1 is 1.19 bits per heavy atom. The molecule has 0 atom stereocenters. The Morgan fingerprint density at radius 3 is 2.54 bits per heavy atom. The van der Waals surface area contributed by atoms with Gasteiger partial charge in [0.15, 0.2) is 15.0 Å². The molecule has 5 nitrogen and oxygen atoms in total. The highest BCUT2D eigenvalue weighted by Gasteiger charge is 2.13. The Balaban J connectivity index is 1.63. The van der Waals surface area contributed by atoms with Crippen molar-refractivity contribution in [1.82, 2.24) is 4.98 Å². The van der Waals surface area contributed by atoms with Crippen molar-refractivity contribution in [2.75, 3.05) is 11.1 Å². The average Bonchev–Trinajstić information content (AvgIpc) is 3.24. The van der Waals surface area contributed by atoms with Crippen molar-refractivity contribution in [3.8, 4) is 10.6 Å². The minimum atomic E-state index is -3.23. The van der Waals surface area contributed by atoms with Crippen molar-refractivity contribution >= 4 is 55.2 Å². The highest BCUT2D eigenvalue weighted by atomic mass is 35.5. The molecule has 2 heterocycles. The quantitative estimate of drug-likeness (QED) is 0.629. The number of benzene rings is 1. The lowest BCUT2D eigenvalue weighted by Gasteiger charge is -2.04. The molecule has 1 N–H and O–H groups in total. The van der Waals surface area contributed by atoms with Crippen LogP contribution in [0, 0.1) is 0 Å². The van der Waals surface area contributed by atoms with Crippen LogP contribution in [-0.4, -0.2) is 25.1 Å². The number of hydrogen-bond acceptors (Lipinski definition) is 6. The third-order valence-electron chi connectivity index (χ3n) is 3.60. The summed E-state index contributed by atoms with van der Waals surface area (Å²) in [4.78, 5) is 17.8. The second-order valence-electron chi connectivity index (χ2n) is 5.41. The number of thiazole rings is 1. The molecule has 0 unspecified atom stereocenters. The summed E-state index contributed by atoms with van der Waals surface area (Å²) in [5.41, 5.74) is 1.51. The van der Waals surface area contributed by atoms with Crippen molar-refractivity contribution in [1.29, 1.82) is 0 Å². The number of carbonyl (C=O) groups is 1. The second kappa shape index (κ2) is 7.87. The summed E-state index contributed by atoms with van der Waals surface area (Å²) in [6, 6.07) is 10.1. The van der Waals surface area contributed by atoms with Crippen molar-refractivity contribution in [2.24, 2.45) is 0 Å². The molecule has 1 aromatic carbocycles. The number of hydrogen-bond donors (Lipinski definition) is 1. The largest absolute Gasteiger partial charge is 0.302 e. The third-order valence-corrected chi connectivity index (χ3v) is 7.37. The molecule has 0 fully saturated rings. The van der Waals surface area contributed by atoms with Crippen LogP contribution in [0.4, 0.5) is 5.13 Å². The molecule has 0 spiro atoms. The number of nitrogens with zero attached hydrogens (tertiary/aromatic N) is 1. The molecule has 0 radical (unpaired) electrons. The molecule has 2 aromatic heterocycles. The highest BCUT2D eigenvalue weighted by molar-refractivity contribution is 7.91. The van der Waals surface area contributed by atoms with E-state index in [9.17, 15) is 13.2 Å². The van der Waals surface area contributed by atoms with Crippen molar-refractivity contribution in [2.45, 2.75) is 18.2 Å². The molecule has 0 aliphatic rings. The van der Waals surface area contributed by atoms with Gasteiger partial charge in [-0.1, -0.05) is 30.7 Å². The number of sulfone groups is 1. The summed E-state index contributed by atoms with van der Waals surface area (Å²) >= 11 is 8.70. The van der Waals surface area contributed by atoms with Crippen molar-refractivity contribution in [3.05, 3.63) is 51.7 Å². The van der Waals surface area contributed by atoms with Gasteiger partial charge in [-0.2, -0.15) is 0 Å². The molecule has 0 saturated heterocycles. The van der Waals surface area contributed by atoms with Crippen LogP contribution in [0.25, 0.3) is 10.6 Å².